The maximum atomic E-state index is 12.7. The molecule has 33 heavy (non-hydrogen) atoms. The second-order valence-corrected chi connectivity index (χ2v) is 9.27. The molecule has 2 aromatic carbocycles. The number of aromatic nitrogens is 2. The Balaban J connectivity index is 1.17. The summed E-state index contributed by atoms with van der Waals surface area (Å²) in [7, 11) is 0. The van der Waals surface area contributed by atoms with Crippen LogP contribution >= 0.6 is 23.8 Å². The van der Waals surface area contributed by atoms with Gasteiger partial charge in [-0.25, -0.2) is 0 Å². The first kappa shape index (κ1) is 23.5. The molecule has 8 heteroatoms. The van der Waals surface area contributed by atoms with E-state index >= 15 is 0 Å². The van der Waals surface area contributed by atoms with Crippen molar-refractivity contribution in [2.24, 2.45) is 0 Å². The lowest BCUT2D eigenvalue weighted by Gasteiger charge is -2.36. The fourth-order valence-corrected chi connectivity index (χ4v) is 4.82. The van der Waals surface area contributed by atoms with Crippen molar-refractivity contribution in [3.63, 3.8) is 0 Å². The summed E-state index contributed by atoms with van der Waals surface area (Å²) in [6, 6.07) is 15.3. The van der Waals surface area contributed by atoms with E-state index in [9.17, 15) is 9.59 Å². The van der Waals surface area contributed by atoms with Crippen LogP contribution in [0.4, 0.5) is 5.69 Å². The lowest BCUT2D eigenvalue weighted by molar-refractivity contribution is -0.131. The molecule has 1 aromatic heterocycles. The number of H-pyrrole nitrogens is 1. The van der Waals surface area contributed by atoms with Crippen LogP contribution in [-0.2, 0) is 11.3 Å². The van der Waals surface area contributed by atoms with Crippen molar-refractivity contribution < 1.29 is 4.79 Å². The third-order valence-electron chi connectivity index (χ3n) is 6.22. The van der Waals surface area contributed by atoms with E-state index in [1.165, 1.54) is 0 Å². The maximum Gasteiger partial charge on any atom is 0.262 e. The molecule has 3 aromatic rings. The van der Waals surface area contributed by atoms with Crippen LogP contribution in [0, 0.1) is 4.77 Å². The summed E-state index contributed by atoms with van der Waals surface area (Å²) in [6.45, 7) is 3.74. The zero-order chi connectivity index (χ0) is 23.2. The number of unbranched alkanes of at least 4 members (excludes halogenated alkanes) is 3. The zero-order valence-electron chi connectivity index (χ0n) is 18.6. The van der Waals surface area contributed by atoms with E-state index in [0.717, 1.165) is 68.1 Å². The second kappa shape index (κ2) is 11.0. The number of amides is 1. The topological polar surface area (TPSA) is 61.3 Å². The van der Waals surface area contributed by atoms with E-state index in [2.05, 4.69) is 16.0 Å². The molecule has 0 bridgehead atoms. The Bertz CT molecular complexity index is 1230. The minimum atomic E-state index is -0.0403. The average Bonchev–Trinajstić information content (AvgIpc) is 2.83. The fraction of sp³-hybridized carbons (Fsp3) is 0.400. The van der Waals surface area contributed by atoms with Crippen molar-refractivity contribution in [3.05, 3.63) is 68.7 Å². The monoisotopic (exact) mass is 484 g/mol. The van der Waals surface area contributed by atoms with Gasteiger partial charge in [-0.1, -0.05) is 42.6 Å². The number of hydrogen-bond acceptors (Lipinski definition) is 4. The molecule has 4 rings (SSSR count). The van der Waals surface area contributed by atoms with Crippen molar-refractivity contribution in [3.8, 4) is 0 Å². The molecule has 0 unspecified atom stereocenters. The van der Waals surface area contributed by atoms with Crippen LogP contribution in [0.5, 0.6) is 0 Å². The quantitative estimate of drug-likeness (QED) is 0.360. The van der Waals surface area contributed by atoms with Gasteiger partial charge in [-0.3, -0.25) is 14.2 Å². The van der Waals surface area contributed by atoms with Crippen LogP contribution < -0.4 is 10.5 Å². The van der Waals surface area contributed by atoms with Gasteiger partial charge in [0, 0.05) is 49.9 Å². The zero-order valence-corrected chi connectivity index (χ0v) is 20.2. The average molecular weight is 485 g/mol. The van der Waals surface area contributed by atoms with E-state index in [-0.39, 0.29) is 11.5 Å². The number of fused-ring (bicyclic) bond motifs is 1. The van der Waals surface area contributed by atoms with Crippen molar-refractivity contribution in [1.82, 2.24) is 14.5 Å². The van der Waals surface area contributed by atoms with Crippen LogP contribution in [0.2, 0.25) is 5.02 Å². The van der Waals surface area contributed by atoms with Gasteiger partial charge in [-0.05, 0) is 55.4 Å². The van der Waals surface area contributed by atoms with Crippen LogP contribution in [0.3, 0.4) is 0 Å². The van der Waals surface area contributed by atoms with Gasteiger partial charge in [-0.15, -0.1) is 0 Å². The molecule has 0 atom stereocenters. The maximum absolute atomic E-state index is 12.7. The number of carbonyl (C=O) groups excluding carboxylic acids is 1. The van der Waals surface area contributed by atoms with Crippen LogP contribution in [0.25, 0.3) is 10.9 Å². The molecule has 6 nitrogen and oxygen atoms in total. The predicted octanol–water partition coefficient (Wildman–Crippen LogP) is 5.01. The van der Waals surface area contributed by atoms with Gasteiger partial charge in [0.25, 0.3) is 5.56 Å². The number of para-hydroxylation sites is 1. The molecule has 174 valence electrons. The fourth-order valence-electron chi connectivity index (χ4n) is 4.35. The molecule has 2 heterocycles. The smallest absolute Gasteiger partial charge is 0.262 e. The van der Waals surface area contributed by atoms with Crippen molar-refractivity contribution >= 4 is 46.3 Å². The molecule has 1 amide bonds. The molecule has 1 N–H and O–H groups in total. The Labute approximate surface area is 203 Å². The summed E-state index contributed by atoms with van der Waals surface area (Å²) in [5, 5.41) is 1.39. The standard InChI is InChI=1S/C25H29ClN4O2S/c26-19-8-7-9-20(18-19)28-14-16-29(17-15-28)23(31)12-3-1-2-6-13-30-24(32)21-10-4-5-11-22(21)27-25(30)33/h4-5,7-11,18H,1-3,6,12-17H2,(H,27,33). The van der Waals surface area contributed by atoms with Crippen molar-refractivity contribution in [1.29, 1.82) is 0 Å². The number of piperazine rings is 1. The van der Waals surface area contributed by atoms with Crippen LogP contribution in [-0.4, -0.2) is 46.5 Å². The second-order valence-electron chi connectivity index (χ2n) is 8.44. The van der Waals surface area contributed by atoms with Gasteiger partial charge in [0.1, 0.15) is 0 Å². The number of nitrogens with zero attached hydrogens (tertiary/aromatic N) is 3. The Morgan fingerprint density at radius 1 is 0.970 bits per heavy atom. The lowest BCUT2D eigenvalue weighted by Crippen LogP contribution is -2.48. The highest BCUT2D eigenvalue weighted by molar-refractivity contribution is 7.71. The number of hydrogen-bond donors (Lipinski definition) is 1. The Hall–Kier alpha value is -2.64. The Morgan fingerprint density at radius 3 is 2.52 bits per heavy atom. The molecular formula is C25H29ClN4O2S. The summed E-state index contributed by atoms with van der Waals surface area (Å²) in [6.07, 6.45) is 4.24. The SMILES string of the molecule is O=C(CCCCCCn1c(=S)[nH]c2ccccc2c1=O)N1CCN(c2cccc(Cl)c2)CC1. The van der Waals surface area contributed by atoms with Gasteiger partial charge >= 0.3 is 0 Å². The first-order valence-corrected chi connectivity index (χ1v) is 12.3. The minimum absolute atomic E-state index is 0.0403. The van der Waals surface area contributed by atoms with Crippen molar-refractivity contribution in [2.75, 3.05) is 31.1 Å². The normalized spacial score (nSPS) is 14.1. The Morgan fingerprint density at radius 2 is 1.73 bits per heavy atom. The van der Waals surface area contributed by atoms with E-state index in [0.29, 0.717) is 23.1 Å². The summed E-state index contributed by atoms with van der Waals surface area (Å²) in [5.74, 6) is 0.230. The number of aromatic amines is 1. The molecule has 1 aliphatic rings. The van der Waals surface area contributed by atoms with Gasteiger partial charge in [0.2, 0.25) is 5.91 Å². The number of nitrogens with one attached hydrogen (secondary N) is 1. The molecule has 1 aliphatic heterocycles. The Kier molecular flexibility index (Phi) is 7.83. The number of rotatable bonds is 8. The summed E-state index contributed by atoms with van der Waals surface area (Å²) >= 11 is 11.5. The number of carbonyl (C=O) groups is 1. The van der Waals surface area contributed by atoms with Gasteiger partial charge in [0.05, 0.1) is 10.9 Å². The largest absolute Gasteiger partial charge is 0.368 e. The third kappa shape index (κ3) is 5.84. The minimum Gasteiger partial charge on any atom is -0.368 e. The summed E-state index contributed by atoms with van der Waals surface area (Å²) in [5.41, 5.74) is 1.84. The summed E-state index contributed by atoms with van der Waals surface area (Å²) in [4.78, 5) is 32.6. The lowest BCUT2D eigenvalue weighted by atomic mass is 10.1. The summed E-state index contributed by atoms with van der Waals surface area (Å²) < 4.78 is 2.10. The van der Waals surface area contributed by atoms with Crippen molar-refractivity contribution in [2.45, 2.75) is 38.6 Å². The molecule has 1 saturated heterocycles. The third-order valence-corrected chi connectivity index (χ3v) is 6.78. The van der Waals surface area contributed by atoms with Crippen LogP contribution in [0.15, 0.2) is 53.3 Å². The predicted molar refractivity (Wildman–Crippen MR) is 137 cm³/mol. The van der Waals surface area contributed by atoms with Gasteiger partial charge in [0.15, 0.2) is 4.77 Å². The molecule has 0 saturated carbocycles. The highest BCUT2D eigenvalue weighted by Gasteiger charge is 2.21. The number of anilines is 1. The van der Waals surface area contributed by atoms with E-state index in [1.54, 1.807) is 4.57 Å². The highest BCUT2D eigenvalue weighted by Crippen LogP contribution is 2.21. The van der Waals surface area contributed by atoms with Crippen LogP contribution in [0.1, 0.15) is 32.1 Å². The number of benzene rings is 2. The molecule has 0 radical (unpaired) electrons. The highest BCUT2D eigenvalue weighted by atomic mass is 35.5. The first-order valence-electron chi connectivity index (χ1n) is 11.5. The molecule has 1 fully saturated rings. The van der Waals surface area contributed by atoms with Gasteiger partial charge in [-0.2, -0.15) is 0 Å². The first-order chi connectivity index (χ1) is 16.0. The molecule has 0 spiro atoms. The molecular weight excluding hydrogens is 456 g/mol. The van der Waals surface area contributed by atoms with E-state index in [1.807, 2.05) is 47.4 Å². The van der Waals surface area contributed by atoms with E-state index in [4.69, 9.17) is 23.8 Å². The van der Waals surface area contributed by atoms with E-state index < -0.39 is 0 Å². The van der Waals surface area contributed by atoms with Gasteiger partial charge < -0.3 is 14.8 Å². The number of halogens is 1. The molecule has 0 aliphatic carbocycles.